The monoisotopic (exact) mass is 460 g/mol. The molecule has 2 nitrogen and oxygen atoms in total. The van der Waals surface area contributed by atoms with Crippen molar-refractivity contribution < 1.29 is 8.42 Å². The van der Waals surface area contributed by atoms with Crippen LogP contribution in [0.4, 0.5) is 0 Å². The average molecular weight is 459 g/mol. The molecule has 1 aromatic rings. The van der Waals surface area contributed by atoms with Crippen molar-refractivity contribution in [1.82, 2.24) is 0 Å². The summed E-state index contributed by atoms with van der Waals surface area (Å²) >= 11 is -2.68. The molecular weight excluding hydrogens is 423 g/mol. The first-order valence-corrected chi connectivity index (χ1v) is 19.4. The summed E-state index contributed by atoms with van der Waals surface area (Å²) in [6.07, 6.45) is 7.19. The van der Waals surface area contributed by atoms with Gasteiger partial charge in [0.25, 0.3) is 0 Å². The van der Waals surface area contributed by atoms with Gasteiger partial charge in [0.15, 0.2) is 0 Å². The zero-order chi connectivity index (χ0) is 18.1. The van der Waals surface area contributed by atoms with Gasteiger partial charge in [0.05, 0.1) is 0 Å². The van der Waals surface area contributed by atoms with Crippen LogP contribution in [0.3, 0.4) is 0 Å². The van der Waals surface area contributed by atoms with E-state index in [0.717, 1.165) is 5.56 Å². The fourth-order valence-electron chi connectivity index (χ4n) is 3.63. The molecule has 1 aromatic carbocycles. The van der Waals surface area contributed by atoms with Crippen molar-refractivity contribution in [1.29, 1.82) is 0 Å². The van der Waals surface area contributed by atoms with Crippen LogP contribution < -0.4 is 0 Å². The average Bonchev–Trinajstić information content (AvgIpc) is 2.56. The van der Waals surface area contributed by atoms with Gasteiger partial charge in [0.1, 0.15) is 0 Å². The number of benzene rings is 1. The molecule has 0 aromatic heterocycles. The van der Waals surface area contributed by atoms with Crippen molar-refractivity contribution in [3.8, 4) is 0 Å². The summed E-state index contributed by atoms with van der Waals surface area (Å²) in [6.45, 7) is 8.61. The Morgan fingerprint density at radius 1 is 0.833 bits per heavy atom. The molecule has 0 radical (unpaired) electrons. The molecule has 0 aliphatic heterocycles. The van der Waals surface area contributed by atoms with Gasteiger partial charge in [-0.05, 0) is 0 Å². The molecule has 0 saturated heterocycles. The third-order valence-corrected chi connectivity index (χ3v) is 27.8. The maximum atomic E-state index is 13.2. The standard InChI is InChI=1S/C8H9O2S.3C4H9.Sn/c1-7-5-3-4-6-8(7)11(2,9)10;3*1-3-4-2;/h3-6H,2H2,1H3;3*1,3-4H2,2H3;. The van der Waals surface area contributed by atoms with Gasteiger partial charge >= 0.3 is 155 Å². The second kappa shape index (κ2) is 10.8. The number of sulfone groups is 1. The maximum absolute atomic E-state index is 13.2. The molecule has 0 fully saturated rings. The predicted octanol–water partition coefficient (Wildman–Crippen LogP) is 6.16. The van der Waals surface area contributed by atoms with Gasteiger partial charge in [-0.2, -0.15) is 0 Å². The Hall–Kier alpha value is -0.0313. The molecule has 0 saturated carbocycles. The van der Waals surface area contributed by atoms with Gasteiger partial charge in [-0.15, -0.1) is 0 Å². The topological polar surface area (TPSA) is 34.1 Å². The predicted molar refractivity (Wildman–Crippen MR) is 108 cm³/mol. The molecule has 0 atom stereocenters. The van der Waals surface area contributed by atoms with Crippen molar-refractivity contribution in [3.05, 3.63) is 29.8 Å². The molecule has 24 heavy (non-hydrogen) atoms. The Morgan fingerprint density at radius 3 is 1.71 bits per heavy atom. The molecule has 0 heterocycles. The second-order valence-corrected chi connectivity index (χ2v) is 24.6. The first-order valence-electron chi connectivity index (χ1n) is 9.69. The number of rotatable bonds is 12. The molecule has 0 N–H and O–H groups in total. The van der Waals surface area contributed by atoms with Gasteiger partial charge in [-0.3, -0.25) is 0 Å². The minimum absolute atomic E-state index is 0.520. The number of hydrogen-bond acceptors (Lipinski definition) is 2. The van der Waals surface area contributed by atoms with E-state index in [1.54, 1.807) is 6.07 Å². The molecule has 0 bridgehead atoms. The van der Waals surface area contributed by atoms with E-state index in [9.17, 15) is 8.42 Å². The first kappa shape index (κ1) is 22.0. The van der Waals surface area contributed by atoms with Crippen molar-refractivity contribution in [2.75, 3.05) is 3.77 Å². The SMILES string of the molecule is CCC[CH2][Sn]([CH2]CCC)([CH2]CCC)[CH2]S(=O)(=O)c1ccccc1C. The van der Waals surface area contributed by atoms with Crippen LogP contribution in [-0.4, -0.2) is 30.6 Å². The Kier molecular flexibility index (Phi) is 9.95. The normalized spacial score (nSPS) is 12.5. The zero-order valence-electron chi connectivity index (χ0n) is 16.1. The van der Waals surface area contributed by atoms with E-state index >= 15 is 0 Å². The van der Waals surface area contributed by atoms with Crippen LogP contribution in [0.2, 0.25) is 13.3 Å². The first-order chi connectivity index (χ1) is 11.4. The summed E-state index contributed by atoms with van der Waals surface area (Å²) in [4.78, 5) is 0.579. The summed E-state index contributed by atoms with van der Waals surface area (Å²) in [5, 5.41) is 0. The van der Waals surface area contributed by atoms with Gasteiger partial charge in [-0.1, -0.05) is 0 Å². The number of aryl methyl sites for hydroxylation is 1. The third-order valence-electron chi connectivity index (χ3n) is 5.11. The fourth-order valence-corrected chi connectivity index (χ4v) is 29.4. The number of unbranched alkanes of at least 4 members (excludes halogenated alkanes) is 3. The van der Waals surface area contributed by atoms with Gasteiger partial charge < -0.3 is 0 Å². The van der Waals surface area contributed by atoms with E-state index in [-0.39, 0.29) is 0 Å². The van der Waals surface area contributed by atoms with Gasteiger partial charge in [-0.25, -0.2) is 0 Å². The van der Waals surface area contributed by atoms with Crippen molar-refractivity contribution in [3.63, 3.8) is 0 Å². The van der Waals surface area contributed by atoms with E-state index in [2.05, 4.69) is 20.8 Å². The molecule has 1 rings (SSSR count). The van der Waals surface area contributed by atoms with Gasteiger partial charge in [0.2, 0.25) is 0 Å². The van der Waals surface area contributed by atoms with Crippen LogP contribution >= 0.6 is 0 Å². The third kappa shape index (κ3) is 6.70. The summed E-state index contributed by atoms with van der Waals surface area (Å²) in [6, 6.07) is 7.52. The summed E-state index contributed by atoms with van der Waals surface area (Å²) in [7, 11) is -3.15. The molecule has 4 heteroatoms. The molecule has 0 spiro atoms. The van der Waals surface area contributed by atoms with E-state index in [4.69, 9.17) is 0 Å². The van der Waals surface area contributed by atoms with Gasteiger partial charge in [0, 0.05) is 0 Å². The number of hydrogen-bond donors (Lipinski definition) is 0. The Labute approximate surface area is 154 Å². The van der Waals surface area contributed by atoms with E-state index in [1.165, 1.54) is 51.8 Å². The summed E-state index contributed by atoms with van der Waals surface area (Å²) < 4.78 is 30.7. The van der Waals surface area contributed by atoms with E-state index < -0.39 is 28.2 Å². The Balaban J connectivity index is 3.13. The van der Waals surface area contributed by atoms with Crippen LogP contribution in [0.25, 0.3) is 0 Å². The Bertz CT molecular complexity index is 559. The summed E-state index contributed by atoms with van der Waals surface area (Å²) in [5.74, 6) is 0. The summed E-state index contributed by atoms with van der Waals surface area (Å²) in [5.41, 5.74) is 0.902. The van der Waals surface area contributed by atoms with Crippen LogP contribution in [0.15, 0.2) is 29.2 Å². The molecule has 138 valence electrons. The van der Waals surface area contributed by atoms with Crippen molar-refractivity contribution in [2.24, 2.45) is 0 Å². The minimum atomic E-state index is -3.15. The molecule has 0 amide bonds. The molecular formula is C20H36O2SSn. The quantitative estimate of drug-likeness (QED) is 0.351. The van der Waals surface area contributed by atoms with E-state index in [0.29, 0.717) is 8.66 Å². The van der Waals surface area contributed by atoms with Crippen molar-refractivity contribution >= 4 is 28.2 Å². The van der Waals surface area contributed by atoms with Crippen LogP contribution in [-0.2, 0) is 9.84 Å². The second-order valence-electron chi connectivity index (χ2n) is 7.34. The molecule has 0 aliphatic rings. The van der Waals surface area contributed by atoms with Crippen LogP contribution in [0.5, 0.6) is 0 Å². The fraction of sp³-hybridized carbons (Fsp3) is 0.700. The Morgan fingerprint density at radius 2 is 1.29 bits per heavy atom. The van der Waals surface area contributed by atoms with Crippen LogP contribution in [0.1, 0.15) is 64.9 Å². The van der Waals surface area contributed by atoms with Crippen molar-refractivity contribution in [2.45, 2.75) is 84.4 Å². The molecule has 0 unspecified atom stereocenters. The van der Waals surface area contributed by atoms with Crippen LogP contribution in [0, 0.1) is 6.92 Å². The molecule has 0 aliphatic carbocycles. The van der Waals surface area contributed by atoms with E-state index in [1.807, 2.05) is 25.1 Å². The zero-order valence-corrected chi connectivity index (χ0v) is 19.8.